The van der Waals surface area contributed by atoms with E-state index in [0.29, 0.717) is 0 Å². The number of fused-ring (bicyclic) bond motifs is 1. The lowest BCUT2D eigenvalue weighted by atomic mass is 10.0. The molecular weight excluding hydrogens is 229 g/mol. The third-order valence-corrected chi connectivity index (χ3v) is 2.98. The van der Waals surface area contributed by atoms with Crippen molar-refractivity contribution in [1.82, 2.24) is 3.11 Å². The van der Waals surface area contributed by atoms with Crippen LogP contribution >= 0.6 is 22.9 Å². The predicted octanol–water partition coefficient (Wildman–Crippen LogP) is 0.915. The van der Waals surface area contributed by atoms with Crippen molar-refractivity contribution < 1.29 is 4.74 Å². The van der Waals surface area contributed by atoms with Gasteiger partial charge in [-0.3, -0.25) is 0 Å². The summed E-state index contributed by atoms with van der Waals surface area (Å²) < 4.78 is 7.70. The Kier molecular flexibility index (Phi) is 1.67. The van der Waals surface area contributed by atoms with Crippen LogP contribution in [0, 0.1) is 11.8 Å². The quantitative estimate of drug-likeness (QED) is 0.460. The molecule has 0 spiro atoms. The van der Waals surface area contributed by atoms with E-state index < -0.39 is 0 Å². The Hall–Kier alpha value is 0.650. The molecule has 2 aliphatic heterocycles. The van der Waals surface area contributed by atoms with Crippen LogP contribution in [0.15, 0.2) is 0 Å². The summed E-state index contributed by atoms with van der Waals surface area (Å²) in [5.41, 5.74) is 0. The standard InChI is InChI=1S/C6H10INO/c7-8-1-5-3-9-4-6(5)2-8/h5-6H,1-4H2. The molecule has 2 atom stereocenters. The highest BCUT2D eigenvalue weighted by Gasteiger charge is 2.35. The second-order valence-electron chi connectivity index (χ2n) is 2.89. The molecule has 3 heteroatoms. The first-order valence-corrected chi connectivity index (χ1v) is 4.31. The van der Waals surface area contributed by atoms with Crippen LogP contribution in [0.4, 0.5) is 0 Å². The summed E-state index contributed by atoms with van der Waals surface area (Å²) in [5.74, 6) is 1.70. The summed E-state index contributed by atoms with van der Waals surface area (Å²) in [5, 5.41) is 0. The third kappa shape index (κ3) is 1.10. The van der Waals surface area contributed by atoms with Crippen LogP contribution in [-0.4, -0.2) is 29.4 Å². The zero-order valence-corrected chi connectivity index (χ0v) is 7.37. The topological polar surface area (TPSA) is 12.5 Å². The Morgan fingerprint density at radius 2 is 1.78 bits per heavy atom. The Morgan fingerprint density at radius 1 is 1.22 bits per heavy atom. The first kappa shape index (κ1) is 6.37. The second-order valence-corrected chi connectivity index (χ2v) is 4.25. The summed E-state index contributed by atoms with van der Waals surface area (Å²) in [7, 11) is 0. The van der Waals surface area contributed by atoms with Gasteiger partial charge in [-0.15, -0.1) is 0 Å². The number of hydrogen-bond donors (Lipinski definition) is 0. The molecule has 2 unspecified atom stereocenters. The van der Waals surface area contributed by atoms with Crippen molar-refractivity contribution in [2.45, 2.75) is 0 Å². The zero-order valence-electron chi connectivity index (χ0n) is 5.22. The van der Waals surface area contributed by atoms with E-state index >= 15 is 0 Å². The largest absolute Gasteiger partial charge is 0.381 e. The smallest absolute Gasteiger partial charge is 0.0510 e. The molecule has 9 heavy (non-hydrogen) atoms. The molecule has 2 heterocycles. The van der Waals surface area contributed by atoms with Crippen molar-refractivity contribution in [3.63, 3.8) is 0 Å². The van der Waals surface area contributed by atoms with Gasteiger partial charge in [-0.05, 0) is 0 Å². The zero-order chi connectivity index (χ0) is 6.27. The average Bonchev–Trinajstić information content (AvgIpc) is 2.22. The van der Waals surface area contributed by atoms with E-state index in [2.05, 4.69) is 26.0 Å². The fourth-order valence-electron chi connectivity index (χ4n) is 1.63. The molecule has 2 saturated heterocycles. The molecule has 0 aliphatic carbocycles. The van der Waals surface area contributed by atoms with E-state index in [9.17, 15) is 0 Å². The maximum atomic E-state index is 5.33. The number of rotatable bonds is 0. The number of halogens is 1. The summed E-state index contributed by atoms with van der Waals surface area (Å²) in [6.07, 6.45) is 0. The third-order valence-electron chi connectivity index (χ3n) is 2.20. The summed E-state index contributed by atoms with van der Waals surface area (Å²) in [6.45, 7) is 4.49. The van der Waals surface area contributed by atoms with Gasteiger partial charge in [-0.25, -0.2) is 3.11 Å². The minimum atomic E-state index is 0.849. The van der Waals surface area contributed by atoms with E-state index in [1.54, 1.807) is 0 Å². The average molecular weight is 239 g/mol. The van der Waals surface area contributed by atoms with Gasteiger partial charge in [0, 0.05) is 47.8 Å². The van der Waals surface area contributed by atoms with Gasteiger partial charge < -0.3 is 4.74 Å². The lowest BCUT2D eigenvalue weighted by Crippen LogP contribution is -2.09. The van der Waals surface area contributed by atoms with E-state index in [1.807, 2.05) is 0 Å². The molecule has 0 aromatic heterocycles. The Morgan fingerprint density at radius 3 is 2.33 bits per heavy atom. The van der Waals surface area contributed by atoms with Crippen molar-refractivity contribution in [1.29, 1.82) is 0 Å². The fourth-order valence-corrected chi connectivity index (χ4v) is 2.64. The van der Waals surface area contributed by atoms with Gasteiger partial charge in [0.2, 0.25) is 0 Å². The van der Waals surface area contributed by atoms with Gasteiger partial charge in [0.1, 0.15) is 0 Å². The van der Waals surface area contributed by atoms with Crippen LogP contribution in [0.1, 0.15) is 0 Å². The highest BCUT2D eigenvalue weighted by Crippen LogP contribution is 2.30. The maximum Gasteiger partial charge on any atom is 0.0510 e. The van der Waals surface area contributed by atoms with Gasteiger partial charge >= 0.3 is 0 Å². The van der Waals surface area contributed by atoms with Crippen molar-refractivity contribution in [2.24, 2.45) is 11.8 Å². The molecule has 0 bridgehead atoms. The highest BCUT2D eigenvalue weighted by atomic mass is 127. The van der Waals surface area contributed by atoms with Crippen molar-refractivity contribution in [3.8, 4) is 0 Å². The van der Waals surface area contributed by atoms with Crippen molar-refractivity contribution in [3.05, 3.63) is 0 Å². The molecule has 0 radical (unpaired) electrons. The highest BCUT2D eigenvalue weighted by molar-refractivity contribution is 14.1. The molecule has 2 nitrogen and oxygen atoms in total. The summed E-state index contributed by atoms with van der Waals surface area (Å²) in [4.78, 5) is 0. The normalized spacial score (nSPS) is 43.7. The molecule has 2 rings (SSSR count). The minimum Gasteiger partial charge on any atom is -0.381 e. The van der Waals surface area contributed by atoms with Gasteiger partial charge in [0.15, 0.2) is 0 Å². The molecule has 0 aromatic carbocycles. The maximum absolute atomic E-state index is 5.33. The first-order valence-electron chi connectivity index (χ1n) is 3.35. The van der Waals surface area contributed by atoms with E-state index in [0.717, 1.165) is 25.0 Å². The number of nitrogens with zero attached hydrogens (tertiary/aromatic N) is 1. The monoisotopic (exact) mass is 239 g/mol. The Bertz CT molecular complexity index is 108. The van der Waals surface area contributed by atoms with Crippen LogP contribution in [0.5, 0.6) is 0 Å². The Balaban J connectivity index is 2.02. The number of hydrogen-bond acceptors (Lipinski definition) is 2. The molecule has 0 amide bonds. The minimum absolute atomic E-state index is 0.849. The van der Waals surface area contributed by atoms with E-state index in [1.165, 1.54) is 13.1 Å². The lowest BCUT2D eigenvalue weighted by Gasteiger charge is -2.04. The van der Waals surface area contributed by atoms with Crippen LogP contribution in [0.25, 0.3) is 0 Å². The molecule has 0 N–H and O–H groups in total. The SMILES string of the molecule is IN1CC2COCC2C1. The first-order chi connectivity index (χ1) is 4.36. The van der Waals surface area contributed by atoms with E-state index in [-0.39, 0.29) is 0 Å². The van der Waals surface area contributed by atoms with Crippen molar-refractivity contribution >= 4 is 22.9 Å². The Labute approximate surface area is 69.0 Å². The molecule has 2 fully saturated rings. The van der Waals surface area contributed by atoms with Gasteiger partial charge in [-0.1, -0.05) is 0 Å². The van der Waals surface area contributed by atoms with Crippen LogP contribution < -0.4 is 0 Å². The molecule has 52 valence electrons. The van der Waals surface area contributed by atoms with Crippen LogP contribution in [0.3, 0.4) is 0 Å². The van der Waals surface area contributed by atoms with E-state index in [4.69, 9.17) is 4.74 Å². The summed E-state index contributed by atoms with van der Waals surface area (Å²) in [6, 6.07) is 0. The van der Waals surface area contributed by atoms with Gasteiger partial charge in [-0.2, -0.15) is 0 Å². The van der Waals surface area contributed by atoms with Gasteiger partial charge in [0.05, 0.1) is 13.2 Å². The lowest BCUT2D eigenvalue weighted by molar-refractivity contribution is 0.170. The molecule has 0 saturated carbocycles. The summed E-state index contributed by atoms with van der Waals surface area (Å²) >= 11 is 2.40. The van der Waals surface area contributed by atoms with Gasteiger partial charge in [0.25, 0.3) is 0 Å². The molecular formula is C6H10INO. The van der Waals surface area contributed by atoms with Crippen LogP contribution in [0.2, 0.25) is 0 Å². The fraction of sp³-hybridized carbons (Fsp3) is 1.00. The number of ether oxygens (including phenoxy) is 1. The van der Waals surface area contributed by atoms with Crippen molar-refractivity contribution in [2.75, 3.05) is 26.3 Å². The molecule has 0 aromatic rings. The second kappa shape index (κ2) is 2.36. The molecule has 2 aliphatic rings. The van der Waals surface area contributed by atoms with Crippen LogP contribution in [-0.2, 0) is 4.74 Å². The predicted molar refractivity (Wildman–Crippen MR) is 43.4 cm³/mol.